The van der Waals surface area contributed by atoms with E-state index in [1.807, 2.05) is 0 Å². The van der Waals surface area contributed by atoms with Crippen LogP contribution in [0.3, 0.4) is 0 Å². The fraction of sp³-hybridized carbons (Fsp3) is 0.211. The minimum atomic E-state index is -0.982. The van der Waals surface area contributed by atoms with Crippen LogP contribution in [0, 0.1) is 5.82 Å². The summed E-state index contributed by atoms with van der Waals surface area (Å²) in [5.74, 6) is -1.40. The highest BCUT2D eigenvalue weighted by molar-refractivity contribution is 5.94. The molecule has 0 bridgehead atoms. The zero-order chi connectivity index (χ0) is 19.9. The topological polar surface area (TPSA) is 103 Å². The van der Waals surface area contributed by atoms with Gasteiger partial charge in [-0.05, 0) is 36.4 Å². The predicted octanol–water partition coefficient (Wildman–Crippen LogP) is 1.26. The van der Waals surface area contributed by atoms with Crippen molar-refractivity contribution < 1.29 is 33.0 Å². The SMILES string of the molecule is O=C(COC(=O)[C@@H]1COc2ccccc2O1)NCC(=O)Nc1ccc(F)cc1. The van der Waals surface area contributed by atoms with Crippen LogP contribution >= 0.6 is 0 Å². The third-order valence-electron chi connectivity index (χ3n) is 3.69. The first-order valence-corrected chi connectivity index (χ1v) is 8.38. The van der Waals surface area contributed by atoms with Crippen LogP contribution in [0.2, 0.25) is 0 Å². The van der Waals surface area contributed by atoms with E-state index in [2.05, 4.69) is 10.6 Å². The first-order valence-electron chi connectivity index (χ1n) is 8.38. The lowest BCUT2D eigenvalue weighted by Crippen LogP contribution is -2.40. The molecule has 0 fully saturated rings. The fourth-order valence-electron chi connectivity index (χ4n) is 2.33. The number of carbonyl (C=O) groups is 3. The summed E-state index contributed by atoms with van der Waals surface area (Å²) in [6.45, 7) is -0.925. The van der Waals surface area contributed by atoms with Crippen LogP contribution in [0.1, 0.15) is 0 Å². The molecule has 1 atom stereocenters. The average molecular weight is 388 g/mol. The minimum absolute atomic E-state index is 0.0302. The Morgan fingerprint density at radius 3 is 2.50 bits per heavy atom. The van der Waals surface area contributed by atoms with Crippen LogP contribution < -0.4 is 20.1 Å². The van der Waals surface area contributed by atoms with E-state index >= 15 is 0 Å². The van der Waals surface area contributed by atoms with Crippen molar-refractivity contribution in [1.82, 2.24) is 5.32 Å². The molecule has 3 rings (SSSR count). The van der Waals surface area contributed by atoms with Crippen LogP contribution in [-0.4, -0.2) is 43.6 Å². The van der Waals surface area contributed by atoms with Crippen molar-refractivity contribution in [2.75, 3.05) is 25.1 Å². The largest absolute Gasteiger partial charge is 0.485 e. The van der Waals surface area contributed by atoms with E-state index < -0.39 is 36.3 Å². The number of anilines is 1. The molecule has 9 heteroatoms. The van der Waals surface area contributed by atoms with E-state index in [-0.39, 0.29) is 13.2 Å². The summed E-state index contributed by atoms with van der Waals surface area (Å²) in [4.78, 5) is 35.5. The van der Waals surface area contributed by atoms with Gasteiger partial charge >= 0.3 is 5.97 Å². The third kappa shape index (κ3) is 5.19. The molecule has 1 aliphatic heterocycles. The zero-order valence-corrected chi connectivity index (χ0v) is 14.6. The number of ether oxygens (including phenoxy) is 3. The normalized spacial score (nSPS) is 14.7. The van der Waals surface area contributed by atoms with Crippen molar-refractivity contribution in [2.24, 2.45) is 0 Å². The molecular weight excluding hydrogens is 371 g/mol. The Morgan fingerprint density at radius 1 is 1.04 bits per heavy atom. The third-order valence-corrected chi connectivity index (χ3v) is 3.69. The molecule has 2 amide bonds. The lowest BCUT2D eigenvalue weighted by molar-refractivity contribution is -0.157. The van der Waals surface area contributed by atoms with E-state index in [1.165, 1.54) is 24.3 Å². The van der Waals surface area contributed by atoms with Crippen LogP contribution in [0.25, 0.3) is 0 Å². The van der Waals surface area contributed by atoms with Crippen LogP contribution in [0.5, 0.6) is 11.5 Å². The summed E-state index contributed by atoms with van der Waals surface area (Å²) in [6, 6.07) is 12.1. The number of halogens is 1. The quantitative estimate of drug-likeness (QED) is 0.723. The molecule has 0 aliphatic carbocycles. The van der Waals surface area contributed by atoms with Gasteiger partial charge in [0.05, 0.1) is 6.54 Å². The second-order valence-corrected chi connectivity index (χ2v) is 5.80. The first-order chi connectivity index (χ1) is 13.5. The highest BCUT2D eigenvalue weighted by Crippen LogP contribution is 2.31. The predicted molar refractivity (Wildman–Crippen MR) is 95.4 cm³/mol. The van der Waals surface area contributed by atoms with E-state index in [0.717, 1.165) is 0 Å². The molecule has 2 aromatic rings. The van der Waals surface area contributed by atoms with Gasteiger partial charge in [-0.2, -0.15) is 0 Å². The maximum atomic E-state index is 12.8. The number of amides is 2. The molecule has 146 valence electrons. The highest BCUT2D eigenvalue weighted by Gasteiger charge is 2.29. The molecule has 8 nitrogen and oxygen atoms in total. The molecule has 2 aromatic carbocycles. The van der Waals surface area contributed by atoms with Gasteiger partial charge in [0.2, 0.25) is 12.0 Å². The lowest BCUT2D eigenvalue weighted by Gasteiger charge is -2.24. The fourth-order valence-corrected chi connectivity index (χ4v) is 2.33. The van der Waals surface area contributed by atoms with Gasteiger partial charge in [0.25, 0.3) is 5.91 Å². The van der Waals surface area contributed by atoms with Crippen LogP contribution in [-0.2, 0) is 19.1 Å². The summed E-state index contributed by atoms with van der Waals surface area (Å²) < 4.78 is 28.6. The van der Waals surface area contributed by atoms with E-state index in [4.69, 9.17) is 14.2 Å². The Morgan fingerprint density at radius 2 is 1.75 bits per heavy atom. The standard InChI is InChI=1S/C19H17FN2O6/c20-12-5-7-13(8-6-12)22-17(23)9-21-18(24)11-27-19(25)16-10-26-14-3-1-2-4-15(14)28-16/h1-8,16H,9-11H2,(H,21,24)(H,22,23)/t16-/m0/s1. The molecule has 0 saturated heterocycles. The molecule has 1 heterocycles. The van der Waals surface area contributed by atoms with Crippen molar-refractivity contribution in [3.05, 3.63) is 54.3 Å². The van der Waals surface area contributed by atoms with Crippen molar-refractivity contribution in [2.45, 2.75) is 6.10 Å². The number of fused-ring (bicyclic) bond motifs is 1. The Labute approximate surface area is 159 Å². The summed E-state index contributed by atoms with van der Waals surface area (Å²) in [7, 11) is 0. The molecule has 0 radical (unpaired) electrons. The van der Waals surface area contributed by atoms with E-state index in [9.17, 15) is 18.8 Å². The molecule has 0 spiro atoms. The van der Waals surface area contributed by atoms with Gasteiger partial charge in [0.15, 0.2) is 18.1 Å². The van der Waals surface area contributed by atoms with Crippen molar-refractivity contribution in [1.29, 1.82) is 0 Å². The Balaban J connectivity index is 1.37. The van der Waals surface area contributed by atoms with Gasteiger partial charge in [-0.1, -0.05) is 12.1 Å². The van der Waals surface area contributed by atoms with Gasteiger partial charge in [0, 0.05) is 5.69 Å². The number of hydrogen-bond acceptors (Lipinski definition) is 6. The van der Waals surface area contributed by atoms with E-state index in [0.29, 0.717) is 17.2 Å². The Hall–Kier alpha value is -3.62. The number of benzene rings is 2. The van der Waals surface area contributed by atoms with E-state index in [1.54, 1.807) is 24.3 Å². The summed E-state index contributed by atoms with van der Waals surface area (Å²) >= 11 is 0. The van der Waals surface area contributed by atoms with Gasteiger partial charge < -0.3 is 24.8 Å². The molecule has 28 heavy (non-hydrogen) atoms. The van der Waals surface area contributed by atoms with Crippen LogP contribution in [0.4, 0.5) is 10.1 Å². The number of hydrogen-bond donors (Lipinski definition) is 2. The molecule has 1 aliphatic rings. The molecular formula is C19H17FN2O6. The monoisotopic (exact) mass is 388 g/mol. The number of para-hydroxylation sites is 2. The minimum Gasteiger partial charge on any atom is -0.485 e. The average Bonchev–Trinajstić information content (AvgIpc) is 2.71. The van der Waals surface area contributed by atoms with Crippen LogP contribution in [0.15, 0.2) is 48.5 Å². The van der Waals surface area contributed by atoms with Crippen molar-refractivity contribution >= 4 is 23.5 Å². The van der Waals surface area contributed by atoms with Crippen molar-refractivity contribution in [3.8, 4) is 11.5 Å². The number of nitrogens with one attached hydrogen (secondary N) is 2. The molecule has 2 N–H and O–H groups in total. The summed E-state index contributed by atoms with van der Waals surface area (Å²) in [5.41, 5.74) is 0.391. The Bertz CT molecular complexity index is 871. The van der Waals surface area contributed by atoms with Gasteiger partial charge in [-0.3, -0.25) is 9.59 Å². The maximum Gasteiger partial charge on any atom is 0.351 e. The number of rotatable bonds is 6. The molecule has 0 saturated carbocycles. The number of carbonyl (C=O) groups excluding carboxylic acids is 3. The Kier molecular flexibility index (Phi) is 6.05. The van der Waals surface area contributed by atoms with Crippen molar-refractivity contribution in [3.63, 3.8) is 0 Å². The summed E-state index contributed by atoms with van der Waals surface area (Å²) in [6.07, 6.45) is -0.982. The smallest absolute Gasteiger partial charge is 0.351 e. The maximum absolute atomic E-state index is 12.8. The second-order valence-electron chi connectivity index (χ2n) is 5.80. The summed E-state index contributed by atoms with van der Waals surface area (Å²) in [5, 5.41) is 4.80. The highest BCUT2D eigenvalue weighted by atomic mass is 19.1. The second kappa shape index (κ2) is 8.85. The first kappa shape index (κ1) is 19.2. The van der Waals surface area contributed by atoms with Gasteiger partial charge in [-0.25, -0.2) is 9.18 Å². The molecule has 0 aromatic heterocycles. The number of esters is 1. The van der Waals surface area contributed by atoms with Gasteiger partial charge in [0.1, 0.15) is 12.4 Å². The van der Waals surface area contributed by atoms with Gasteiger partial charge in [-0.15, -0.1) is 0 Å². The lowest BCUT2D eigenvalue weighted by atomic mass is 10.2. The molecule has 0 unspecified atom stereocenters. The zero-order valence-electron chi connectivity index (χ0n) is 14.6.